The highest BCUT2D eigenvalue weighted by Gasteiger charge is 2.14. The van der Waals surface area contributed by atoms with Crippen molar-refractivity contribution in [2.24, 2.45) is 0 Å². The van der Waals surface area contributed by atoms with Gasteiger partial charge in [0.25, 0.3) is 5.91 Å². The second-order valence-corrected chi connectivity index (χ2v) is 8.11. The molecule has 1 aromatic heterocycles. The van der Waals surface area contributed by atoms with Crippen molar-refractivity contribution in [2.45, 2.75) is 33.2 Å². The second-order valence-electron chi connectivity index (χ2n) is 7.08. The number of fused-ring (bicyclic) bond motifs is 1. The van der Waals surface area contributed by atoms with Crippen molar-refractivity contribution in [1.29, 1.82) is 0 Å². The Labute approximate surface area is 179 Å². The van der Waals surface area contributed by atoms with Crippen LogP contribution < -0.4 is 16.0 Å². The molecule has 0 aliphatic rings. The molecule has 8 heteroatoms. The van der Waals surface area contributed by atoms with Gasteiger partial charge in [-0.2, -0.15) is 0 Å². The van der Waals surface area contributed by atoms with Gasteiger partial charge < -0.3 is 15.4 Å². The second kappa shape index (κ2) is 9.69. The number of anilines is 2. The quantitative estimate of drug-likeness (QED) is 0.510. The molecule has 3 N–H and O–H groups in total. The van der Waals surface area contributed by atoms with E-state index >= 15 is 0 Å². The molecule has 0 aliphatic carbocycles. The number of amides is 3. The number of ether oxygens (including phenoxy) is 1. The molecule has 158 valence electrons. The monoisotopic (exact) mass is 426 g/mol. The molecule has 0 aliphatic heterocycles. The maximum absolute atomic E-state index is 12.7. The van der Waals surface area contributed by atoms with E-state index in [-0.39, 0.29) is 18.0 Å². The predicted molar refractivity (Wildman–Crippen MR) is 122 cm³/mol. The molecule has 1 atom stereocenters. The maximum Gasteiger partial charge on any atom is 0.321 e. The molecule has 0 radical (unpaired) electrons. The van der Waals surface area contributed by atoms with Crippen molar-refractivity contribution >= 4 is 44.3 Å². The van der Waals surface area contributed by atoms with Crippen LogP contribution in [0.2, 0.25) is 0 Å². The molecule has 0 bridgehead atoms. The molecule has 3 amide bonds. The van der Waals surface area contributed by atoms with Crippen molar-refractivity contribution in [3.05, 3.63) is 53.1 Å². The number of carbonyl (C=O) groups excluding carboxylic acids is 2. The van der Waals surface area contributed by atoms with Crippen LogP contribution in [0.4, 0.5) is 15.6 Å². The van der Waals surface area contributed by atoms with Crippen molar-refractivity contribution in [3.63, 3.8) is 0 Å². The van der Waals surface area contributed by atoms with Crippen LogP contribution in [0.15, 0.2) is 36.4 Å². The number of aryl methyl sites for hydroxylation is 2. The van der Waals surface area contributed by atoms with Crippen LogP contribution in [0.5, 0.6) is 0 Å². The minimum absolute atomic E-state index is 0.0652. The van der Waals surface area contributed by atoms with Gasteiger partial charge in [0, 0.05) is 18.4 Å². The van der Waals surface area contributed by atoms with Crippen molar-refractivity contribution < 1.29 is 14.3 Å². The Kier molecular flexibility index (Phi) is 7.02. The summed E-state index contributed by atoms with van der Waals surface area (Å²) in [5, 5.41) is 9.08. The Morgan fingerprint density at radius 2 is 1.87 bits per heavy atom. The van der Waals surface area contributed by atoms with E-state index in [2.05, 4.69) is 20.9 Å². The molecule has 0 saturated carbocycles. The van der Waals surface area contributed by atoms with Gasteiger partial charge in [-0.1, -0.05) is 36.5 Å². The van der Waals surface area contributed by atoms with Gasteiger partial charge in [0.2, 0.25) is 0 Å². The third-order valence-corrected chi connectivity index (χ3v) is 5.72. The summed E-state index contributed by atoms with van der Waals surface area (Å²) in [5.41, 5.74) is 4.11. The van der Waals surface area contributed by atoms with Gasteiger partial charge in [0.1, 0.15) is 0 Å². The summed E-state index contributed by atoms with van der Waals surface area (Å²) in [6, 6.07) is 10.8. The van der Waals surface area contributed by atoms with E-state index < -0.39 is 0 Å². The summed E-state index contributed by atoms with van der Waals surface area (Å²) in [5.74, 6) is -0.180. The number of nitrogens with zero attached hydrogens (tertiary/aromatic N) is 1. The first kappa shape index (κ1) is 21.7. The van der Waals surface area contributed by atoms with E-state index in [1.807, 2.05) is 39.0 Å². The van der Waals surface area contributed by atoms with E-state index in [9.17, 15) is 9.59 Å². The van der Waals surface area contributed by atoms with Crippen LogP contribution in [-0.2, 0) is 4.74 Å². The molecule has 2 aromatic carbocycles. The molecular weight excluding hydrogens is 400 g/mol. The van der Waals surface area contributed by atoms with Crippen LogP contribution in [-0.4, -0.2) is 36.7 Å². The van der Waals surface area contributed by atoms with Gasteiger partial charge in [-0.05, 0) is 49.6 Å². The van der Waals surface area contributed by atoms with Gasteiger partial charge in [0.15, 0.2) is 5.13 Å². The molecule has 0 fully saturated rings. The number of nitrogens with one attached hydrogen (secondary N) is 3. The van der Waals surface area contributed by atoms with Gasteiger partial charge in [-0.15, -0.1) is 0 Å². The number of hydrogen-bond donors (Lipinski definition) is 3. The SMILES string of the molecule is CCC(COC)NC(=O)Nc1nc2ccc(C(=O)Nc3c(C)cccc3C)cc2s1. The fourth-order valence-electron chi connectivity index (χ4n) is 3.10. The predicted octanol–water partition coefficient (Wildman–Crippen LogP) is 4.71. The summed E-state index contributed by atoms with van der Waals surface area (Å²) < 4.78 is 5.92. The average Bonchev–Trinajstić information content (AvgIpc) is 3.11. The van der Waals surface area contributed by atoms with Crippen LogP contribution in [0.25, 0.3) is 10.2 Å². The van der Waals surface area contributed by atoms with E-state index in [1.54, 1.807) is 25.3 Å². The first-order valence-corrected chi connectivity index (χ1v) is 10.6. The minimum Gasteiger partial charge on any atom is -0.383 e. The van der Waals surface area contributed by atoms with Crippen LogP contribution in [0.3, 0.4) is 0 Å². The fraction of sp³-hybridized carbons (Fsp3) is 0.318. The van der Waals surface area contributed by atoms with Crippen molar-refractivity contribution in [2.75, 3.05) is 24.4 Å². The fourth-order valence-corrected chi connectivity index (χ4v) is 4.00. The molecule has 7 nitrogen and oxygen atoms in total. The van der Waals surface area contributed by atoms with E-state index in [0.29, 0.717) is 17.3 Å². The molecule has 1 heterocycles. The molecule has 1 unspecified atom stereocenters. The Bertz CT molecular complexity index is 1040. The highest BCUT2D eigenvalue weighted by molar-refractivity contribution is 7.22. The van der Waals surface area contributed by atoms with Crippen LogP contribution in [0, 0.1) is 13.8 Å². The van der Waals surface area contributed by atoms with Gasteiger partial charge in [-0.25, -0.2) is 9.78 Å². The third-order valence-electron chi connectivity index (χ3n) is 4.79. The number of hydrogen-bond acceptors (Lipinski definition) is 5. The summed E-state index contributed by atoms with van der Waals surface area (Å²) in [6.07, 6.45) is 0.764. The summed E-state index contributed by atoms with van der Waals surface area (Å²) in [4.78, 5) is 29.4. The maximum atomic E-state index is 12.7. The first-order valence-electron chi connectivity index (χ1n) is 9.75. The zero-order valence-electron chi connectivity index (χ0n) is 17.5. The number of thiazole rings is 1. The number of urea groups is 1. The van der Waals surface area contributed by atoms with Gasteiger partial charge >= 0.3 is 6.03 Å². The number of rotatable bonds is 7. The first-order chi connectivity index (χ1) is 14.4. The average molecular weight is 427 g/mol. The van der Waals surface area contributed by atoms with E-state index in [0.717, 1.165) is 33.5 Å². The number of methoxy groups -OCH3 is 1. The zero-order chi connectivity index (χ0) is 21.7. The lowest BCUT2D eigenvalue weighted by Crippen LogP contribution is -2.40. The Morgan fingerprint density at radius 1 is 1.13 bits per heavy atom. The number of aromatic nitrogens is 1. The summed E-state index contributed by atoms with van der Waals surface area (Å²) in [6.45, 7) is 6.36. The zero-order valence-corrected chi connectivity index (χ0v) is 18.4. The summed E-state index contributed by atoms with van der Waals surface area (Å²) >= 11 is 1.32. The number of benzene rings is 2. The third kappa shape index (κ3) is 5.14. The summed E-state index contributed by atoms with van der Waals surface area (Å²) in [7, 11) is 1.60. The van der Waals surface area contributed by atoms with Crippen LogP contribution >= 0.6 is 11.3 Å². The smallest absolute Gasteiger partial charge is 0.321 e. The lowest BCUT2D eigenvalue weighted by Gasteiger charge is -2.15. The Balaban J connectivity index is 1.72. The van der Waals surface area contributed by atoms with Crippen LogP contribution in [0.1, 0.15) is 34.8 Å². The molecule has 30 heavy (non-hydrogen) atoms. The van der Waals surface area contributed by atoms with Gasteiger partial charge in [-0.3, -0.25) is 10.1 Å². The molecular formula is C22H26N4O3S. The van der Waals surface area contributed by atoms with Crippen molar-refractivity contribution in [3.8, 4) is 0 Å². The lowest BCUT2D eigenvalue weighted by molar-refractivity contribution is 0.102. The van der Waals surface area contributed by atoms with E-state index in [4.69, 9.17) is 4.74 Å². The standard InChI is InChI=1S/C22H26N4O3S/c1-5-16(12-29-4)23-21(28)26-22-24-17-10-9-15(11-18(17)30-22)20(27)25-19-13(2)7-6-8-14(19)3/h6-11,16H,5,12H2,1-4H3,(H,25,27)(H2,23,24,26,28). The van der Waals surface area contributed by atoms with Gasteiger partial charge in [0.05, 0.1) is 22.9 Å². The number of para-hydroxylation sites is 1. The highest BCUT2D eigenvalue weighted by Crippen LogP contribution is 2.27. The topological polar surface area (TPSA) is 92.3 Å². The molecule has 0 spiro atoms. The normalized spacial score (nSPS) is 11.9. The van der Waals surface area contributed by atoms with E-state index in [1.165, 1.54) is 11.3 Å². The minimum atomic E-state index is -0.328. The largest absolute Gasteiger partial charge is 0.383 e. The Morgan fingerprint density at radius 3 is 2.53 bits per heavy atom. The number of carbonyl (C=O) groups is 2. The lowest BCUT2D eigenvalue weighted by atomic mass is 10.1. The molecule has 0 saturated heterocycles. The Hall–Kier alpha value is -2.97. The molecule has 3 aromatic rings. The molecule has 3 rings (SSSR count). The highest BCUT2D eigenvalue weighted by atomic mass is 32.1. The van der Waals surface area contributed by atoms with Crippen molar-refractivity contribution in [1.82, 2.24) is 10.3 Å².